The Morgan fingerprint density at radius 3 is 2.48 bits per heavy atom. The molecule has 0 radical (unpaired) electrons. The third-order valence-electron chi connectivity index (χ3n) is 4.25. The van der Waals surface area contributed by atoms with E-state index in [0.29, 0.717) is 30.4 Å². The SMILES string of the molecule is Cc1cc([N+](=O)[O-])c(S(=O)(=O)N[C@@H]2CCC[C@@H]2C(N)=O)cc1C. The molecule has 8 nitrogen and oxygen atoms in total. The van der Waals surface area contributed by atoms with E-state index in [1.54, 1.807) is 13.8 Å². The molecule has 1 aliphatic carbocycles. The van der Waals surface area contributed by atoms with Gasteiger partial charge in [-0.15, -0.1) is 0 Å². The number of nitrogens with one attached hydrogen (secondary N) is 1. The van der Waals surface area contributed by atoms with Gasteiger partial charge in [0, 0.05) is 12.1 Å². The van der Waals surface area contributed by atoms with Crippen molar-refractivity contribution in [3.8, 4) is 0 Å². The summed E-state index contributed by atoms with van der Waals surface area (Å²) in [6, 6.07) is 1.90. The summed E-state index contributed by atoms with van der Waals surface area (Å²) < 4.78 is 27.6. The first-order valence-electron chi connectivity index (χ1n) is 7.21. The Balaban J connectivity index is 2.42. The summed E-state index contributed by atoms with van der Waals surface area (Å²) in [6.07, 6.45) is 1.67. The number of carbonyl (C=O) groups excluding carboxylic acids is 1. The summed E-state index contributed by atoms with van der Waals surface area (Å²) in [6.45, 7) is 3.35. The average Bonchev–Trinajstić information content (AvgIpc) is 2.88. The van der Waals surface area contributed by atoms with E-state index >= 15 is 0 Å². The Hall–Kier alpha value is -2.00. The van der Waals surface area contributed by atoms with Gasteiger partial charge >= 0.3 is 0 Å². The monoisotopic (exact) mass is 341 g/mol. The van der Waals surface area contributed by atoms with Crippen molar-refractivity contribution in [2.45, 2.75) is 44.0 Å². The maximum absolute atomic E-state index is 12.6. The van der Waals surface area contributed by atoms with Crippen molar-refractivity contribution in [1.82, 2.24) is 4.72 Å². The van der Waals surface area contributed by atoms with Crippen LogP contribution < -0.4 is 10.5 Å². The second-order valence-corrected chi connectivity index (χ2v) is 7.51. The Bertz CT molecular complexity index is 760. The molecule has 126 valence electrons. The van der Waals surface area contributed by atoms with Gasteiger partial charge in [-0.25, -0.2) is 13.1 Å². The van der Waals surface area contributed by atoms with E-state index < -0.39 is 38.5 Å². The molecule has 9 heteroatoms. The number of primary amides is 1. The van der Waals surface area contributed by atoms with Gasteiger partial charge in [0.1, 0.15) is 0 Å². The lowest BCUT2D eigenvalue weighted by Crippen LogP contribution is -2.42. The Labute approximate surface area is 134 Å². The maximum atomic E-state index is 12.6. The molecular weight excluding hydrogens is 322 g/mol. The zero-order valence-corrected chi connectivity index (χ0v) is 13.7. The number of nitrogens with zero attached hydrogens (tertiary/aromatic N) is 1. The number of sulfonamides is 1. The van der Waals surface area contributed by atoms with Gasteiger partial charge in [-0.1, -0.05) is 6.42 Å². The Kier molecular flexibility index (Phi) is 4.71. The van der Waals surface area contributed by atoms with Crippen LogP contribution in [0.15, 0.2) is 17.0 Å². The van der Waals surface area contributed by atoms with Crippen molar-refractivity contribution >= 4 is 21.6 Å². The first-order chi connectivity index (χ1) is 10.6. The van der Waals surface area contributed by atoms with Crippen LogP contribution in [0, 0.1) is 29.9 Å². The van der Waals surface area contributed by atoms with E-state index in [0.717, 1.165) is 0 Å². The number of aryl methyl sites for hydroxylation is 2. The van der Waals surface area contributed by atoms with Gasteiger partial charge < -0.3 is 5.73 Å². The first kappa shape index (κ1) is 17.4. The summed E-state index contributed by atoms with van der Waals surface area (Å²) in [4.78, 5) is 21.5. The molecule has 23 heavy (non-hydrogen) atoms. The fourth-order valence-electron chi connectivity index (χ4n) is 2.84. The highest BCUT2D eigenvalue weighted by atomic mass is 32.2. The molecule has 1 aliphatic rings. The molecule has 0 saturated heterocycles. The molecule has 0 aromatic heterocycles. The lowest BCUT2D eigenvalue weighted by molar-refractivity contribution is -0.387. The minimum Gasteiger partial charge on any atom is -0.369 e. The van der Waals surface area contributed by atoms with Crippen LogP contribution in [-0.2, 0) is 14.8 Å². The second-order valence-electron chi connectivity index (χ2n) is 5.83. The average molecular weight is 341 g/mol. The quantitative estimate of drug-likeness (QED) is 0.612. The fraction of sp³-hybridized carbons (Fsp3) is 0.500. The first-order valence-corrected chi connectivity index (χ1v) is 8.69. The van der Waals surface area contributed by atoms with Crippen LogP contribution in [-0.4, -0.2) is 25.3 Å². The van der Waals surface area contributed by atoms with E-state index in [2.05, 4.69) is 4.72 Å². The molecule has 3 N–H and O–H groups in total. The molecule has 1 aromatic carbocycles. The standard InChI is InChI=1S/C14H19N3O5S/c1-8-6-12(17(19)20)13(7-9(8)2)23(21,22)16-11-5-3-4-10(11)14(15)18/h6-7,10-11,16H,3-5H2,1-2H3,(H2,15,18)/t10-,11+/m0/s1. The predicted molar refractivity (Wildman–Crippen MR) is 83.2 cm³/mol. The molecule has 0 heterocycles. The number of nitro benzene ring substituents is 1. The summed E-state index contributed by atoms with van der Waals surface area (Å²) in [5, 5.41) is 11.2. The molecule has 0 bridgehead atoms. The largest absolute Gasteiger partial charge is 0.369 e. The molecule has 0 unspecified atom stereocenters. The van der Waals surface area contributed by atoms with Crippen molar-refractivity contribution in [2.24, 2.45) is 11.7 Å². The highest BCUT2D eigenvalue weighted by Gasteiger charge is 2.36. The number of nitrogens with two attached hydrogens (primary N) is 1. The van der Waals surface area contributed by atoms with Crippen LogP contribution in [0.25, 0.3) is 0 Å². The fourth-order valence-corrected chi connectivity index (χ4v) is 4.39. The summed E-state index contributed by atoms with van der Waals surface area (Å²) in [7, 11) is -4.12. The number of amides is 1. The Morgan fingerprint density at radius 1 is 1.30 bits per heavy atom. The third kappa shape index (κ3) is 3.50. The number of hydrogen-bond acceptors (Lipinski definition) is 5. The van der Waals surface area contributed by atoms with Gasteiger partial charge in [0.2, 0.25) is 15.9 Å². The topological polar surface area (TPSA) is 132 Å². The number of rotatable bonds is 5. The van der Waals surface area contributed by atoms with Crippen LogP contribution in [0.1, 0.15) is 30.4 Å². The summed E-state index contributed by atoms with van der Waals surface area (Å²) in [5.74, 6) is -1.15. The number of nitro groups is 1. The van der Waals surface area contributed by atoms with E-state index in [-0.39, 0.29) is 4.90 Å². The van der Waals surface area contributed by atoms with Gasteiger partial charge in [0.05, 0.1) is 10.8 Å². The van der Waals surface area contributed by atoms with Crippen LogP contribution >= 0.6 is 0 Å². The van der Waals surface area contributed by atoms with Crippen molar-refractivity contribution < 1.29 is 18.1 Å². The molecule has 2 atom stereocenters. The zero-order chi connectivity index (χ0) is 17.4. The van der Waals surface area contributed by atoms with Gasteiger partial charge in [-0.2, -0.15) is 0 Å². The van der Waals surface area contributed by atoms with Gasteiger partial charge in [0.15, 0.2) is 4.90 Å². The third-order valence-corrected chi connectivity index (χ3v) is 5.77. The molecular formula is C14H19N3O5S. The number of carbonyl (C=O) groups is 1. The number of benzene rings is 1. The lowest BCUT2D eigenvalue weighted by atomic mass is 10.0. The van der Waals surface area contributed by atoms with Crippen molar-refractivity contribution in [2.75, 3.05) is 0 Å². The van der Waals surface area contributed by atoms with E-state index in [1.165, 1.54) is 12.1 Å². The van der Waals surface area contributed by atoms with Crippen molar-refractivity contribution in [1.29, 1.82) is 0 Å². The van der Waals surface area contributed by atoms with E-state index in [1.807, 2.05) is 0 Å². The second kappa shape index (κ2) is 6.25. The molecule has 0 spiro atoms. The van der Waals surface area contributed by atoms with Crippen molar-refractivity contribution in [3.63, 3.8) is 0 Å². The van der Waals surface area contributed by atoms with Gasteiger partial charge in [-0.05, 0) is 43.9 Å². The predicted octanol–water partition coefficient (Wildman–Crippen LogP) is 1.14. The Morgan fingerprint density at radius 2 is 1.91 bits per heavy atom. The molecule has 1 saturated carbocycles. The number of hydrogen-bond donors (Lipinski definition) is 2. The molecule has 2 rings (SSSR count). The van der Waals surface area contributed by atoms with Crippen LogP contribution in [0.2, 0.25) is 0 Å². The highest BCUT2D eigenvalue weighted by molar-refractivity contribution is 7.89. The molecule has 1 amide bonds. The van der Waals surface area contributed by atoms with Crippen LogP contribution in [0.3, 0.4) is 0 Å². The smallest absolute Gasteiger partial charge is 0.289 e. The zero-order valence-electron chi connectivity index (χ0n) is 12.9. The van der Waals surface area contributed by atoms with Crippen LogP contribution in [0.5, 0.6) is 0 Å². The molecule has 0 aliphatic heterocycles. The molecule has 1 aromatic rings. The lowest BCUT2D eigenvalue weighted by Gasteiger charge is -2.18. The van der Waals surface area contributed by atoms with Crippen molar-refractivity contribution in [3.05, 3.63) is 33.4 Å². The van der Waals surface area contributed by atoms with Crippen LogP contribution in [0.4, 0.5) is 5.69 Å². The summed E-state index contributed by atoms with van der Waals surface area (Å²) in [5.41, 5.74) is 6.07. The van der Waals surface area contributed by atoms with E-state index in [9.17, 15) is 23.3 Å². The minimum absolute atomic E-state index is 0.388. The normalized spacial score (nSPS) is 21.3. The van der Waals surface area contributed by atoms with E-state index in [4.69, 9.17) is 5.73 Å². The maximum Gasteiger partial charge on any atom is 0.289 e. The van der Waals surface area contributed by atoms with Gasteiger partial charge in [-0.3, -0.25) is 14.9 Å². The van der Waals surface area contributed by atoms with Gasteiger partial charge in [0.25, 0.3) is 5.69 Å². The minimum atomic E-state index is -4.12. The summed E-state index contributed by atoms with van der Waals surface area (Å²) >= 11 is 0. The highest BCUT2D eigenvalue weighted by Crippen LogP contribution is 2.30. The molecule has 1 fully saturated rings.